The lowest BCUT2D eigenvalue weighted by molar-refractivity contribution is -0.124. The van der Waals surface area contributed by atoms with Crippen LogP contribution in [-0.4, -0.2) is 25.0 Å². The molecule has 16 heavy (non-hydrogen) atoms. The molecule has 0 aromatic heterocycles. The van der Waals surface area contributed by atoms with Gasteiger partial charge in [-0.1, -0.05) is 26.2 Å². The first-order valence-corrected chi connectivity index (χ1v) is 6.71. The van der Waals surface area contributed by atoms with E-state index in [4.69, 9.17) is 0 Å². The van der Waals surface area contributed by atoms with Crippen molar-refractivity contribution in [2.45, 2.75) is 57.9 Å². The number of piperidine rings is 1. The molecule has 1 saturated carbocycles. The quantitative estimate of drug-likeness (QED) is 0.768. The van der Waals surface area contributed by atoms with Gasteiger partial charge in [-0.3, -0.25) is 4.79 Å². The predicted molar refractivity (Wildman–Crippen MR) is 65.2 cm³/mol. The fourth-order valence-corrected chi connectivity index (χ4v) is 2.90. The molecule has 92 valence electrons. The number of hydrogen-bond acceptors (Lipinski definition) is 2. The van der Waals surface area contributed by atoms with Crippen molar-refractivity contribution >= 4 is 5.91 Å². The highest BCUT2D eigenvalue weighted by atomic mass is 16.2. The molecule has 0 spiro atoms. The summed E-state index contributed by atoms with van der Waals surface area (Å²) < 4.78 is 0. The zero-order valence-electron chi connectivity index (χ0n) is 10.3. The molecule has 2 fully saturated rings. The predicted octanol–water partition coefficient (Wildman–Crippen LogP) is 1.82. The summed E-state index contributed by atoms with van der Waals surface area (Å²) in [6.45, 7) is 4.16. The lowest BCUT2D eigenvalue weighted by Crippen LogP contribution is -2.48. The van der Waals surface area contributed by atoms with Gasteiger partial charge in [0.15, 0.2) is 0 Å². The third kappa shape index (κ3) is 2.97. The average molecular weight is 224 g/mol. The number of nitrogens with one attached hydrogen (secondary N) is 2. The normalized spacial score (nSPS) is 28.9. The first kappa shape index (κ1) is 11.9. The second-order valence-electron chi connectivity index (χ2n) is 5.74. The van der Waals surface area contributed by atoms with Gasteiger partial charge < -0.3 is 10.6 Å². The van der Waals surface area contributed by atoms with Crippen LogP contribution in [0.15, 0.2) is 0 Å². The van der Waals surface area contributed by atoms with E-state index in [1.165, 1.54) is 38.5 Å². The average Bonchev–Trinajstić information content (AvgIpc) is 2.75. The molecule has 0 radical (unpaired) electrons. The summed E-state index contributed by atoms with van der Waals surface area (Å²) in [6.07, 6.45) is 8.59. The Bertz CT molecular complexity index is 240. The third-order valence-electron chi connectivity index (χ3n) is 4.13. The van der Waals surface area contributed by atoms with Crippen molar-refractivity contribution in [1.82, 2.24) is 10.6 Å². The summed E-state index contributed by atoms with van der Waals surface area (Å²) >= 11 is 0. The number of hydrogen-bond donors (Lipinski definition) is 2. The Morgan fingerprint density at radius 3 is 2.69 bits per heavy atom. The minimum atomic E-state index is 0.0683. The van der Waals surface area contributed by atoms with E-state index in [2.05, 4.69) is 17.6 Å². The molecule has 0 aromatic carbocycles. The van der Waals surface area contributed by atoms with Crippen molar-refractivity contribution in [1.29, 1.82) is 0 Å². The number of amides is 1. The van der Waals surface area contributed by atoms with Crippen molar-refractivity contribution < 1.29 is 4.79 Å². The maximum atomic E-state index is 11.9. The van der Waals surface area contributed by atoms with Crippen LogP contribution >= 0.6 is 0 Å². The largest absolute Gasteiger partial charge is 0.354 e. The molecule has 2 rings (SSSR count). The second kappa shape index (κ2) is 5.17. The molecule has 1 aliphatic carbocycles. The SMILES string of the molecule is CC1(CNC(=O)[C@H]2CCCCN2)CCCC1. The molecule has 1 heterocycles. The highest BCUT2D eigenvalue weighted by Gasteiger charge is 2.30. The van der Waals surface area contributed by atoms with E-state index in [9.17, 15) is 4.79 Å². The summed E-state index contributed by atoms with van der Waals surface area (Å²) in [7, 11) is 0. The number of rotatable bonds is 3. The summed E-state index contributed by atoms with van der Waals surface area (Å²) in [6, 6.07) is 0.0683. The lowest BCUT2D eigenvalue weighted by atomic mass is 9.89. The topological polar surface area (TPSA) is 41.1 Å². The number of carbonyl (C=O) groups excluding carboxylic acids is 1. The molecule has 1 atom stereocenters. The third-order valence-corrected chi connectivity index (χ3v) is 4.13. The highest BCUT2D eigenvalue weighted by molar-refractivity contribution is 5.81. The monoisotopic (exact) mass is 224 g/mol. The Labute approximate surface area is 98.4 Å². The first-order chi connectivity index (χ1) is 7.70. The van der Waals surface area contributed by atoms with Gasteiger partial charge in [-0.05, 0) is 37.6 Å². The fourth-order valence-electron chi connectivity index (χ4n) is 2.90. The van der Waals surface area contributed by atoms with Crippen LogP contribution in [0.1, 0.15) is 51.9 Å². The Morgan fingerprint density at radius 1 is 1.31 bits per heavy atom. The smallest absolute Gasteiger partial charge is 0.237 e. The van der Waals surface area contributed by atoms with Gasteiger partial charge in [0.25, 0.3) is 0 Å². The Hall–Kier alpha value is -0.570. The minimum absolute atomic E-state index is 0.0683. The van der Waals surface area contributed by atoms with Crippen molar-refractivity contribution in [3.05, 3.63) is 0 Å². The Kier molecular flexibility index (Phi) is 3.85. The van der Waals surface area contributed by atoms with Crippen LogP contribution in [-0.2, 0) is 4.79 Å². The van der Waals surface area contributed by atoms with Crippen LogP contribution in [0, 0.1) is 5.41 Å². The molecule has 0 unspecified atom stereocenters. The van der Waals surface area contributed by atoms with E-state index in [0.29, 0.717) is 5.41 Å². The van der Waals surface area contributed by atoms with Gasteiger partial charge in [0.1, 0.15) is 0 Å². The summed E-state index contributed by atoms with van der Waals surface area (Å²) in [5.41, 5.74) is 0.365. The van der Waals surface area contributed by atoms with Crippen LogP contribution < -0.4 is 10.6 Å². The van der Waals surface area contributed by atoms with Crippen molar-refractivity contribution in [3.63, 3.8) is 0 Å². The fraction of sp³-hybridized carbons (Fsp3) is 0.923. The molecule has 1 aliphatic heterocycles. The standard InChI is InChI=1S/C13H24N2O/c1-13(7-3-4-8-13)10-15-12(16)11-6-2-5-9-14-11/h11,14H,2-10H2,1H3,(H,15,16)/t11-/m1/s1. The summed E-state index contributed by atoms with van der Waals surface area (Å²) in [5, 5.41) is 6.43. The maximum Gasteiger partial charge on any atom is 0.237 e. The van der Waals surface area contributed by atoms with Crippen LogP contribution in [0.4, 0.5) is 0 Å². The van der Waals surface area contributed by atoms with E-state index in [0.717, 1.165) is 19.5 Å². The van der Waals surface area contributed by atoms with E-state index < -0.39 is 0 Å². The Morgan fingerprint density at radius 2 is 2.06 bits per heavy atom. The first-order valence-electron chi connectivity index (χ1n) is 6.71. The summed E-state index contributed by atoms with van der Waals surface area (Å²) in [4.78, 5) is 11.9. The van der Waals surface area contributed by atoms with Gasteiger partial charge in [-0.25, -0.2) is 0 Å². The molecule has 2 N–H and O–H groups in total. The van der Waals surface area contributed by atoms with Crippen molar-refractivity contribution in [3.8, 4) is 0 Å². The highest BCUT2D eigenvalue weighted by Crippen LogP contribution is 2.36. The molecule has 2 aliphatic rings. The van der Waals surface area contributed by atoms with E-state index in [1.807, 2.05) is 0 Å². The van der Waals surface area contributed by atoms with Crippen LogP contribution in [0.5, 0.6) is 0 Å². The Balaban J connectivity index is 1.74. The van der Waals surface area contributed by atoms with Crippen LogP contribution in [0.25, 0.3) is 0 Å². The van der Waals surface area contributed by atoms with Crippen molar-refractivity contribution in [2.75, 3.05) is 13.1 Å². The van der Waals surface area contributed by atoms with E-state index in [-0.39, 0.29) is 11.9 Å². The van der Waals surface area contributed by atoms with Crippen molar-refractivity contribution in [2.24, 2.45) is 5.41 Å². The van der Waals surface area contributed by atoms with Crippen LogP contribution in [0.3, 0.4) is 0 Å². The van der Waals surface area contributed by atoms with Gasteiger partial charge in [-0.2, -0.15) is 0 Å². The molecular formula is C13H24N2O. The zero-order valence-corrected chi connectivity index (χ0v) is 10.3. The molecule has 3 nitrogen and oxygen atoms in total. The van der Waals surface area contributed by atoms with Gasteiger partial charge in [0, 0.05) is 6.54 Å². The lowest BCUT2D eigenvalue weighted by Gasteiger charge is -2.27. The van der Waals surface area contributed by atoms with Crippen LogP contribution in [0.2, 0.25) is 0 Å². The molecule has 1 amide bonds. The molecular weight excluding hydrogens is 200 g/mol. The van der Waals surface area contributed by atoms with E-state index >= 15 is 0 Å². The molecule has 0 aromatic rings. The van der Waals surface area contributed by atoms with Gasteiger partial charge in [-0.15, -0.1) is 0 Å². The van der Waals surface area contributed by atoms with Gasteiger partial charge in [0.05, 0.1) is 6.04 Å². The molecule has 0 bridgehead atoms. The summed E-state index contributed by atoms with van der Waals surface area (Å²) in [5.74, 6) is 0.216. The zero-order chi connectivity index (χ0) is 11.4. The van der Waals surface area contributed by atoms with Gasteiger partial charge in [0.2, 0.25) is 5.91 Å². The second-order valence-corrected chi connectivity index (χ2v) is 5.74. The number of carbonyl (C=O) groups is 1. The molecule has 1 saturated heterocycles. The molecule has 3 heteroatoms. The maximum absolute atomic E-state index is 11.9. The van der Waals surface area contributed by atoms with E-state index in [1.54, 1.807) is 0 Å². The van der Waals surface area contributed by atoms with Gasteiger partial charge >= 0.3 is 0 Å². The minimum Gasteiger partial charge on any atom is -0.354 e.